The van der Waals surface area contributed by atoms with E-state index in [4.69, 9.17) is 18.9 Å². The molecule has 7 heteroatoms. The summed E-state index contributed by atoms with van der Waals surface area (Å²) in [4.78, 5) is 35.8. The van der Waals surface area contributed by atoms with Gasteiger partial charge in [0, 0.05) is 18.6 Å². The molecule has 0 saturated carbocycles. The van der Waals surface area contributed by atoms with E-state index < -0.39 is 42.3 Å². The van der Waals surface area contributed by atoms with Gasteiger partial charge in [-0.15, -0.1) is 0 Å². The topological polar surface area (TPSA) is 88.1 Å². The molecular weight excluding hydrogens is 364 g/mol. The molecule has 0 bridgehead atoms. The molecule has 2 heterocycles. The minimum atomic E-state index is -0.876. The lowest BCUT2D eigenvalue weighted by Gasteiger charge is -2.34. The van der Waals surface area contributed by atoms with Gasteiger partial charge in [0.1, 0.15) is 12.2 Å². The third kappa shape index (κ3) is 2.93. The summed E-state index contributed by atoms with van der Waals surface area (Å²) in [5.41, 5.74) is 2.74. The summed E-state index contributed by atoms with van der Waals surface area (Å²) < 4.78 is 21.9. The number of cyclic esters (lactones) is 1. The summed E-state index contributed by atoms with van der Waals surface area (Å²) in [6.07, 6.45) is 3.76. The predicted octanol–water partition coefficient (Wildman–Crippen LogP) is 2.71. The monoisotopic (exact) mass is 388 g/mol. The first-order chi connectivity index (χ1) is 13.2. The lowest BCUT2D eigenvalue weighted by atomic mass is 9.72. The van der Waals surface area contributed by atoms with Crippen LogP contribution < -0.4 is 0 Å². The summed E-state index contributed by atoms with van der Waals surface area (Å²) in [6, 6.07) is 0. The fraction of sp³-hybridized carbons (Fsp3) is 0.571. The highest BCUT2D eigenvalue weighted by Crippen LogP contribution is 2.55. The van der Waals surface area contributed by atoms with Crippen molar-refractivity contribution in [2.75, 3.05) is 0 Å². The van der Waals surface area contributed by atoms with E-state index in [9.17, 15) is 14.4 Å². The summed E-state index contributed by atoms with van der Waals surface area (Å²) in [6.45, 7) is 7.26. The van der Waals surface area contributed by atoms with Gasteiger partial charge in [-0.05, 0) is 42.7 Å². The molecule has 1 fully saturated rings. The molecule has 1 saturated heterocycles. The van der Waals surface area contributed by atoms with Crippen molar-refractivity contribution < 1.29 is 33.3 Å². The molecular formula is C21H24O7. The largest absolute Gasteiger partial charge is 0.458 e. The maximum atomic E-state index is 12.6. The van der Waals surface area contributed by atoms with Crippen LogP contribution in [0, 0.1) is 11.3 Å². The quantitative estimate of drug-likeness (QED) is 0.241. The van der Waals surface area contributed by atoms with E-state index in [0.717, 1.165) is 30.4 Å². The smallest absolute Gasteiger partial charge is 0.338 e. The second kappa shape index (κ2) is 6.50. The molecule has 0 amide bonds. The maximum absolute atomic E-state index is 12.6. The van der Waals surface area contributed by atoms with Crippen molar-refractivity contribution in [3.63, 3.8) is 0 Å². The standard InChI is InChI=1S/C21H24O7/c1-10-8-14(27-19(10)23)25-9-13-15-17(26-11(2)22)12-6-5-7-21(3,4)16(12)18(15)28-20(13)24/h8-9,14-15,17-18H,5-7H2,1-4H3/b13-9+/t14?,15-,17?,18-/m0/s1. The molecule has 28 heavy (non-hydrogen) atoms. The van der Waals surface area contributed by atoms with Crippen molar-refractivity contribution in [2.45, 2.75) is 65.5 Å². The fourth-order valence-corrected chi connectivity index (χ4v) is 4.78. The van der Waals surface area contributed by atoms with E-state index in [1.807, 2.05) is 0 Å². The lowest BCUT2D eigenvalue weighted by molar-refractivity contribution is -0.152. The summed E-state index contributed by atoms with van der Waals surface area (Å²) >= 11 is 0. The molecule has 0 spiro atoms. The van der Waals surface area contributed by atoms with Crippen LogP contribution >= 0.6 is 0 Å². The molecule has 0 aromatic rings. The molecule has 4 rings (SSSR count). The summed E-state index contributed by atoms with van der Waals surface area (Å²) in [5, 5.41) is 0. The molecule has 2 unspecified atom stereocenters. The van der Waals surface area contributed by atoms with Gasteiger partial charge in [0.2, 0.25) is 0 Å². The average Bonchev–Trinajstić information content (AvgIpc) is 3.18. The number of hydrogen-bond donors (Lipinski definition) is 0. The average molecular weight is 388 g/mol. The Kier molecular flexibility index (Phi) is 4.36. The zero-order valence-corrected chi connectivity index (χ0v) is 16.4. The van der Waals surface area contributed by atoms with Crippen LogP contribution in [-0.4, -0.2) is 36.4 Å². The van der Waals surface area contributed by atoms with Crippen molar-refractivity contribution in [3.8, 4) is 0 Å². The predicted molar refractivity (Wildman–Crippen MR) is 96.4 cm³/mol. The van der Waals surface area contributed by atoms with Crippen molar-refractivity contribution in [1.82, 2.24) is 0 Å². The van der Waals surface area contributed by atoms with Crippen LogP contribution in [0.1, 0.15) is 47.0 Å². The van der Waals surface area contributed by atoms with Gasteiger partial charge in [0.15, 0.2) is 0 Å². The Hall–Kier alpha value is -2.57. The first-order valence-electron chi connectivity index (χ1n) is 9.55. The minimum absolute atomic E-state index is 0.136. The van der Waals surface area contributed by atoms with E-state index in [1.54, 1.807) is 13.0 Å². The molecule has 2 aliphatic heterocycles. The van der Waals surface area contributed by atoms with Crippen LogP contribution in [0.4, 0.5) is 0 Å². The Balaban J connectivity index is 1.67. The third-order valence-electron chi connectivity index (χ3n) is 5.99. The van der Waals surface area contributed by atoms with E-state index in [1.165, 1.54) is 13.2 Å². The van der Waals surface area contributed by atoms with Gasteiger partial charge >= 0.3 is 17.9 Å². The number of ether oxygens (including phenoxy) is 4. The van der Waals surface area contributed by atoms with Gasteiger partial charge in [-0.1, -0.05) is 13.8 Å². The lowest BCUT2D eigenvalue weighted by Crippen LogP contribution is -2.29. The molecule has 0 aromatic carbocycles. The van der Waals surface area contributed by atoms with Gasteiger partial charge in [-0.25, -0.2) is 9.59 Å². The highest BCUT2D eigenvalue weighted by atomic mass is 16.7. The van der Waals surface area contributed by atoms with Crippen LogP contribution in [0.3, 0.4) is 0 Å². The molecule has 7 nitrogen and oxygen atoms in total. The first kappa shape index (κ1) is 18.8. The number of fused-ring (bicyclic) bond motifs is 2. The van der Waals surface area contributed by atoms with Crippen molar-refractivity contribution >= 4 is 17.9 Å². The molecule has 4 atom stereocenters. The SMILES string of the molecule is CC(=O)OC1C2=C([C@H]3OC(=O)/C(=C/OC4C=C(C)C(=O)O4)[C@@H]13)C(C)(C)CCC2. The van der Waals surface area contributed by atoms with Gasteiger partial charge in [-0.3, -0.25) is 4.79 Å². The second-order valence-corrected chi connectivity index (χ2v) is 8.39. The van der Waals surface area contributed by atoms with Crippen LogP contribution in [0.2, 0.25) is 0 Å². The number of hydrogen-bond acceptors (Lipinski definition) is 7. The Morgan fingerprint density at radius 2 is 2.00 bits per heavy atom. The number of rotatable bonds is 3. The van der Waals surface area contributed by atoms with Gasteiger partial charge < -0.3 is 18.9 Å². The molecule has 150 valence electrons. The van der Waals surface area contributed by atoms with E-state index in [0.29, 0.717) is 11.1 Å². The van der Waals surface area contributed by atoms with Crippen LogP contribution in [0.15, 0.2) is 34.6 Å². The van der Waals surface area contributed by atoms with Crippen LogP contribution in [-0.2, 0) is 33.3 Å². The van der Waals surface area contributed by atoms with E-state index in [-0.39, 0.29) is 5.41 Å². The Bertz CT molecular complexity index is 845. The van der Waals surface area contributed by atoms with Crippen LogP contribution in [0.5, 0.6) is 0 Å². The zero-order chi connectivity index (χ0) is 20.2. The second-order valence-electron chi connectivity index (χ2n) is 8.39. The number of carbonyl (C=O) groups is 3. The summed E-state index contributed by atoms with van der Waals surface area (Å²) in [5.74, 6) is -1.79. The highest BCUT2D eigenvalue weighted by molar-refractivity contribution is 5.93. The zero-order valence-electron chi connectivity index (χ0n) is 16.4. The fourth-order valence-electron chi connectivity index (χ4n) is 4.78. The van der Waals surface area contributed by atoms with Gasteiger partial charge in [0.25, 0.3) is 6.29 Å². The summed E-state index contributed by atoms with van der Waals surface area (Å²) in [7, 11) is 0. The minimum Gasteiger partial charge on any atom is -0.458 e. The van der Waals surface area contributed by atoms with E-state index in [2.05, 4.69) is 13.8 Å². The number of esters is 3. The Morgan fingerprint density at radius 3 is 2.64 bits per heavy atom. The normalized spacial score (nSPS) is 34.6. The number of carbonyl (C=O) groups excluding carboxylic acids is 3. The third-order valence-corrected chi connectivity index (χ3v) is 5.99. The van der Waals surface area contributed by atoms with E-state index >= 15 is 0 Å². The molecule has 2 aliphatic carbocycles. The molecule has 4 aliphatic rings. The van der Waals surface area contributed by atoms with Crippen molar-refractivity contribution in [3.05, 3.63) is 34.6 Å². The Morgan fingerprint density at radius 1 is 1.25 bits per heavy atom. The van der Waals surface area contributed by atoms with Crippen molar-refractivity contribution in [1.29, 1.82) is 0 Å². The maximum Gasteiger partial charge on any atom is 0.338 e. The van der Waals surface area contributed by atoms with Crippen molar-refractivity contribution in [2.24, 2.45) is 11.3 Å². The highest BCUT2D eigenvalue weighted by Gasteiger charge is 2.58. The molecule has 0 aromatic heterocycles. The Labute approximate surface area is 163 Å². The molecule has 0 radical (unpaired) electrons. The first-order valence-corrected chi connectivity index (χ1v) is 9.55. The van der Waals surface area contributed by atoms with Gasteiger partial charge in [0.05, 0.1) is 17.8 Å². The van der Waals surface area contributed by atoms with Gasteiger partial charge in [-0.2, -0.15) is 0 Å². The van der Waals surface area contributed by atoms with Crippen LogP contribution in [0.25, 0.3) is 0 Å². The molecule has 0 N–H and O–H groups in total.